The van der Waals surface area contributed by atoms with Crippen LogP contribution in [-0.4, -0.2) is 11.9 Å². The molecule has 1 N–H and O–H groups in total. The molecule has 1 unspecified atom stereocenters. The van der Waals surface area contributed by atoms with E-state index in [9.17, 15) is 9.59 Å². The molecule has 1 atom stereocenters. The Morgan fingerprint density at radius 1 is 0.852 bits per heavy atom. The number of hydrogen-bond acceptors (Lipinski definition) is 3. The van der Waals surface area contributed by atoms with Gasteiger partial charge in [0.15, 0.2) is 0 Å². The summed E-state index contributed by atoms with van der Waals surface area (Å²) in [6.45, 7) is 1.30. The Hall–Kier alpha value is -3.40. The van der Waals surface area contributed by atoms with Gasteiger partial charge in [-0.15, -0.1) is 0 Å². The lowest BCUT2D eigenvalue weighted by molar-refractivity contribution is -0.152. The summed E-state index contributed by atoms with van der Waals surface area (Å²) in [6, 6.07) is 26.7. The van der Waals surface area contributed by atoms with Crippen molar-refractivity contribution in [3.63, 3.8) is 0 Å². The molecule has 0 saturated carbocycles. The molecule has 0 bridgehead atoms. The maximum absolute atomic E-state index is 12.9. The number of benzene rings is 3. The van der Waals surface area contributed by atoms with Gasteiger partial charge in [-0.05, 0) is 23.6 Å². The molecule has 3 aromatic rings. The summed E-state index contributed by atoms with van der Waals surface area (Å²) in [5.41, 5.74) is 3.48. The fourth-order valence-electron chi connectivity index (χ4n) is 2.88. The second kappa shape index (κ2) is 8.81. The molecule has 4 heteroatoms. The third-order valence-corrected chi connectivity index (χ3v) is 4.14. The Morgan fingerprint density at radius 3 is 2.11 bits per heavy atom. The van der Waals surface area contributed by atoms with Gasteiger partial charge in [-0.1, -0.05) is 78.9 Å². The standard InChI is InChI=1S/C23H21NO3/c1-17(25)27-22(19-12-6-3-7-13-19)23(26)24-21-15-9-8-14-20(21)16-18-10-4-2-5-11-18/h2-15,22H,16H2,1H3,(H,24,26). The molecule has 0 aromatic heterocycles. The molecule has 0 radical (unpaired) electrons. The van der Waals surface area contributed by atoms with Crippen LogP contribution in [0.2, 0.25) is 0 Å². The largest absolute Gasteiger partial charge is 0.447 e. The molecule has 136 valence electrons. The molecule has 3 rings (SSSR count). The van der Waals surface area contributed by atoms with E-state index < -0.39 is 12.1 Å². The molecule has 0 fully saturated rings. The van der Waals surface area contributed by atoms with Crippen LogP contribution in [0, 0.1) is 0 Å². The van der Waals surface area contributed by atoms with Gasteiger partial charge in [0.25, 0.3) is 5.91 Å². The van der Waals surface area contributed by atoms with Crippen molar-refractivity contribution in [3.8, 4) is 0 Å². The number of carbonyl (C=O) groups excluding carboxylic acids is 2. The Bertz CT molecular complexity index is 907. The summed E-state index contributed by atoms with van der Waals surface area (Å²) in [5, 5.41) is 2.92. The van der Waals surface area contributed by atoms with E-state index in [2.05, 4.69) is 5.32 Å². The quantitative estimate of drug-likeness (QED) is 0.658. The summed E-state index contributed by atoms with van der Waals surface area (Å²) in [5.74, 6) is -0.881. The van der Waals surface area contributed by atoms with E-state index in [4.69, 9.17) is 4.74 Å². The monoisotopic (exact) mass is 359 g/mol. The number of esters is 1. The number of nitrogens with one attached hydrogen (secondary N) is 1. The Morgan fingerprint density at radius 2 is 1.44 bits per heavy atom. The maximum atomic E-state index is 12.9. The first-order chi connectivity index (χ1) is 13.1. The van der Waals surface area contributed by atoms with E-state index in [-0.39, 0.29) is 5.91 Å². The van der Waals surface area contributed by atoms with Gasteiger partial charge in [-0.2, -0.15) is 0 Å². The zero-order valence-corrected chi connectivity index (χ0v) is 15.1. The molecule has 3 aromatic carbocycles. The number of hydrogen-bond donors (Lipinski definition) is 1. The van der Waals surface area contributed by atoms with E-state index in [1.165, 1.54) is 6.92 Å². The topological polar surface area (TPSA) is 55.4 Å². The number of ether oxygens (including phenoxy) is 1. The fourth-order valence-corrected chi connectivity index (χ4v) is 2.88. The first kappa shape index (κ1) is 18.4. The molecule has 0 aliphatic heterocycles. The smallest absolute Gasteiger partial charge is 0.303 e. The zero-order valence-electron chi connectivity index (χ0n) is 15.1. The lowest BCUT2D eigenvalue weighted by Gasteiger charge is -2.18. The van der Waals surface area contributed by atoms with E-state index in [1.54, 1.807) is 12.1 Å². The highest BCUT2D eigenvalue weighted by molar-refractivity contribution is 5.96. The second-order valence-electron chi connectivity index (χ2n) is 6.21. The Balaban J connectivity index is 1.83. The van der Waals surface area contributed by atoms with Crippen LogP contribution in [-0.2, 0) is 20.7 Å². The SMILES string of the molecule is CC(=O)OC(C(=O)Nc1ccccc1Cc1ccccc1)c1ccccc1. The molecule has 0 spiro atoms. The minimum absolute atomic E-state index is 0.378. The summed E-state index contributed by atoms with van der Waals surface area (Å²) in [6.07, 6.45) is -0.297. The summed E-state index contributed by atoms with van der Waals surface area (Å²) >= 11 is 0. The molecule has 0 saturated heterocycles. The van der Waals surface area contributed by atoms with Crippen molar-refractivity contribution >= 4 is 17.6 Å². The van der Waals surface area contributed by atoms with Crippen LogP contribution in [0.4, 0.5) is 5.69 Å². The molecule has 0 aliphatic carbocycles. The van der Waals surface area contributed by atoms with Crippen molar-refractivity contribution in [1.29, 1.82) is 0 Å². The molecule has 4 nitrogen and oxygen atoms in total. The predicted molar refractivity (Wildman–Crippen MR) is 105 cm³/mol. The molecule has 0 heterocycles. The molecular formula is C23H21NO3. The second-order valence-corrected chi connectivity index (χ2v) is 6.21. The lowest BCUT2D eigenvalue weighted by atomic mass is 10.0. The van der Waals surface area contributed by atoms with Gasteiger partial charge in [-0.3, -0.25) is 9.59 Å². The average Bonchev–Trinajstić information content (AvgIpc) is 2.69. The number of para-hydroxylation sites is 1. The zero-order chi connectivity index (χ0) is 19.1. The predicted octanol–water partition coefficient (Wildman–Crippen LogP) is 4.52. The minimum atomic E-state index is -0.992. The number of anilines is 1. The first-order valence-corrected chi connectivity index (χ1v) is 8.78. The van der Waals surface area contributed by atoms with E-state index in [0.29, 0.717) is 17.7 Å². The van der Waals surface area contributed by atoms with Crippen LogP contribution >= 0.6 is 0 Å². The summed E-state index contributed by atoms with van der Waals surface area (Å²) in [7, 11) is 0. The first-order valence-electron chi connectivity index (χ1n) is 8.78. The summed E-state index contributed by atoms with van der Waals surface area (Å²) in [4.78, 5) is 24.4. The highest BCUT2D eigenvalue weighted by Crippen LogP contribution is 2.23. The van der Waals surface area contributed by atoms with Crippen molar-refractivity contribution in [2.45, 2.75) is 19.4 Å². The van der Waals surface area contributed by atoms with Crippen molar-refractivity contribution in [1.82, 2.24) is 0 Å². The Kier molecular flexibility index (Phi) is 6.00. The van der Waals surface area contributed by atoms with Gasteiger partial charge in [0.05, 0.1) is 0 Å². The van der Waals surface area contributed by atoms with Crippen molar-refractivity contribution in [2.75, 3.05) is 5.32 Å². The number of amides is 1. The van der Waals surface area contributed by atoms with Crippen LogP contribution < -0.4 is 5.32 Å². The van der Waals surface area contributed by atoms with Gasteiger partial charge in [0, 0.05) is 18.2 Å². The molecule has 27 heavy (non-hydrogen) atoms. The van der Waals surface area contributed by atoms with Crippen LogP contribution in [0.1, 0.15) is 29.7 Å². The van der Waals surface area contributed by atoms with Gasteiger partial charge >= 0.3 is 5.97 Å². The molecule has 1 amide bonds. The van der Waals surface area contributed by atoms with Crippen molar-refractivity contribution < 1.29 is 14.3 Å². The van der Waals surface area contributed by atoms with Crippen molar-refractivity contribution in [2.24, 2.45) is 0 Å². The van der Waals surface area contributed by atoms with Crippen LogP contribution in [0.25, 0.3) is 0 Å². The van der Waals surface area contributed by atoms with Gasteiger partial charge in [0.2, 0.25) is 6.10 Å². The third-order valence-electron chi connectivity index (χ3n) is 4.14. The third kappa shape index (κ3) is 5.05. The van der Waals surface area contributed by atoms with E-state index in [0.717, 1.165) is 11.1 Å². The minimum Gasteiger partial charge on any atom is -0.447 e. The molecule has 0 aliphatic rings. The summed E-state index contributed by atoms with van der Waals surface area (Å²) < 4.78 is 5.28. The van der Waals surface area contributed by atoms with Gasteiger partial charge in [-0.25, -0.2) is 0 Å². The molecular weight excluding hydrogens is 338 g/mol. The average molecular weight is 359 g/mol. The van der Waals surface area contributed by atoms with Gasteiger partial charge < -0.3 is 10.1 Å². The van der Waals surface area contributed by atoms with Gasteiger partial charge in [0.1, 0.15) is 0 Å². The lowest BCUT2D eigenvalue weighted by Crippen LogP contribution is -2.25. The maximum Gasteiger partial charge on any atom is 0.303 e. The number of carbonyl (C=O) groups is 2. The van der Waals surface area contributed by atoms with E-state index in [1.807, 2.05) is 72.8 Å². The van der Waals surface area contributed by atoms with Crippen LogP contribution in [0.3, 0.4) is 0 Å². The highest BCUT2D eigenvalue weighted by atomic mass is 16.5. The number of rotatable bonds is 6. The van der Waals surface area contributed by atoms with Crippen LogP contribution in [0.15, 0.2) is 84.9 Å². The Labute approximate surface area is 158 Å². The normalized spacial score (nSPS) is 11.4. The fraction of sp³-hybridized carbons (Fsp3) is 0.130. The van der Waals surface area contributed by atoms with Crippen LogP contribution in [0.5, 0.6) is 0 Å². The highest BCUT2D eigenvalue weighted by Gasteiger charge is 2.24. The van der Waals surface area contributed by atoms with Crippen molar-refractivity contribution in [3.05, 3.63) is 102 Å². The van der Waals surface area contributed by atoms with E-state index >= 15 is 0 Å².